The molecule has 2 rings (SSSR count). The van der Waals surface area contributed by atoms with Crippen LogP contribution in [0.2, 0.25) is 5.02 Å². The smallest absolute Gasteiger partial charge is 0.311 e. The molecule has 106 valence electrons. The summed E-state index contributed by atoms with van der Waals surface area (Å²) in [4.78, 5) is 10.4. The van der Waals surface area contributed by atoms with Crippen molar-refractivity contribution in [1.29, 1.82) is 0 Å². The van der Waals surface area contributed by atoms with E-state index in [0.717, 1.165) is 11.4 Å². The third kappa shape index (κ3) is 3.08. The van der Waals surface area contributed by atoms with Gasteiger partial charge in [0, 0.05) is 23.7 Å². The van der Waals surface area contributed by atoms with E-state index in [2.05, 4.69) is 5.10 Å². The Bertz CT molecular complexity index is 640. The third-order valence-electron chi connectivity index (χ3n) is 2.78. The molecule has 0 amide bonds. The van der Waals surface area contributed by atoms with E-state index < -0.39 is 4.92 Å². The van der Waals surface area contributed by atoms with Crippen molar-refractivity contribution in [2.24, 2.45) is 0 Å². The molecule has 0 N–H and O–H groups in total. The van der Waals surface area contributed by atoms with Gasteiger partial charge in [-0.05, 0) is 26.0 Å². The topological polar surface area (TPSA) is 70.2 Å². The molecule has 0 unspecified atom stereocenters. The van der Waals surface area contributed by atoms with Crippen LogP contribution in [0.3, 0.4) is 0 Å². The number of aromatic nitrogens is 2. The number of rotatable bonds is 5. The molecule has 0 saturated heterocycles. The van der Waals surface area contributed by atoms with Crippen molar-refractivity contribution < 1.29 is 9.66 Å². The van der Waals surface area contributed by atoms with Crippen molar-refractivity contribution in [2.75, 3.05) is 0 Å². The number of nitro benzene ring substituents is 1. The van der Waals surface area contributed by atoms with Gasteiger partial charge in [0.1, 0.15) is 6.61 Å². The Balaban J connectivity index is 2.22. The Morgan fingerprint density at radius 2 is 2.20 bits per heavy atom. The average molecular weight is 296 g/mol. The number of benzene rings is 1. The minimum absolute atomic E-state index is 0.103. The molecule has 0 atom stereocenters. The lowest BCUT2D eigenvalue weighted by Gasteiger charge is -2.08. The second-order valence-electron chi connectivity index (χ2n) is 4.25. The highest BCUT2D eigenvalue weighted by Gasteiger charge is 2.16. The molecule has 0 aliphatic heterocycles. The van der Waals surface area contributed by atoms with Crippen molar-refractivity contribution in [3.05, 3.63) is 50.8 Å². The Labute approximate surface area is 121 Å². The zero-order chi connectivity index (χ0) is 14.7. The van der Waals surface area contributed by atoms with Crippen molar-refractivity contribution in [2.45, 2.75) is 27.0 Å². The number of halogens is 1. The molecule has 0 aliphatic rings. The van der Waals surface area contributed by atoms with Crippen molar-refractivity contribution in [3.63, 3.8) is 0 Å². The number of aryl methyl sites for hydroxylation is 2. The van der Waals surface area contributed by atoms with Gasteiger partial charge in [0.2, 0.25) is 0 Å². The molecule has 0 aliphatic carbocycles. The van der Waals surface area contributed by atoms with Gasteiger partial charge in [-0.15, -0.1) is 0 Å². The predicted molar refractivity (Wildman–Crippen MR) is 75.1 cm³/mol. The highest BCUT2D eigenvalue weighted by atomic mass is 35.5. The van der Waals surface area contributed by atoms with Crippen molar-refractivity contribution >= 4 is 17.3 Å². The van der Waals surface area contributed by atoms with E-state index in [1.807, 2.05) is 19.9 Å². The van der Waals surface area contributed by atoms with Crippen LogP contribution >= 0.6 is 11.6 Å². The fraction of sp³-hybridized carbons (Fsp3) is 0.308. The molecule has 0 fully saturated rings. The summed E-state index contributed by atoms with van der Waals surface area (Å²) < 4.78 is 7.33. The first-order chi connectivity index (χ1) is 9.51. The molecule has 0 radical (unpaired) electrons. The molecule has 20 heavy (non-hydrogen) atoms. The first kappa shape index (κ1) is 14.3. The minimum Gasteiger partial charge on any atom is -0.480 e. The Hall–Kier alpha value is -2.08. The lowest BCUT2D eigenvalue weighted by atomic mass is 10.3. The van der Waals surface area contributed by atoms with Crippen LogP contribution in [-0.4, -0.2) is 14.7 Å². The van der Waals surface area contributed by atoms with Crippen LogP contribution in [0.15, 0.2) is 24.3 Å². The van der Waals surface area contributed by atoms with E-state index >= 15 is 0 Å². The maximum absolute atomic E-state index is 10.9. The van der Waals surface area contributed by atoms with Gasteiger partial charge >= 0.3 is 5.69 Å². The van der Waals surface area contributed by atoms with Crippen LogP contribution in [0.25, 0.3) is 0 Å². The Kier molecular flexibility index (Phi) is 4.24. The minimum atomic E-state index is -0.492. The maximum atomic E-state index is 10.9. The lowest BCUT2D eigenvalue weighted by molar-refractivity contribution is -0.385. The molecule has 0 bridgehead atoms. The first-order valence-electron chi connectivity index (χ1n) is 6.11. The quantitative estimate of drug-likeness (QED) is 0.626. The van der Waals surface area contributed by atoms with Crippen LogP contribution in [0.1, 0.15) is 18.3 Å². The van der Waals surface area contributed by atoms with Gasteiger partial charge in [-0.3, -0.25) is 14.8 Å². The fourth-order valence-electron chi connectivity index (χ4n) is 1.90. The maximum Gasteiger partial charge on any atom is 0.311 e. The van der Waals surface area contributed by atoms with Crippen LogP contribution in [0, 0.1) is 17.0 Å². The summed E-state index contributed by atoms with van der Waals surface area (Å²) in [6.45, 7) is 4.77. The van der Waals surface area contributed by atoms with E-state index in [1.165, 1.54) is 18.2 Å². The second kappa shape index (κ2) is 5.92. The number of ether oxygens (including phenoxy) is 1. The Morgan fingerprint density at radius 1 is 1.45 bits per heavy atom. The molecule has 7 heteroatoms. The summed E-state index contributed by atoms with van der Waals surface area (Å²) in [5.41, 5.74) is 1.64. The van der Waals surface area contributed by atoms with Gasteiger partial charge in [-0.2, -0.15) is 5.10 Å². The van der Waals surface area contributed by atoms with Crippen molar-refractivity contribution in [3.8, 4) is 5.75 Å². The zero-order valence-corrected chi connectivity index (χ0v) is 11.9. The van der Waals surface area contributed by atoms with Gasteiger partial charge in [0.25, 0.3) is 0 Å². The largest absolute Gasteiger partial charge is 0.480 e. The summed E-state index contributed by atoms with van der Waals surface area (Å²) in [6, 6.07) is 6.13. The van der Waals surface area contributed by atoms with Gasteiger partial charge in [-0.1, -0.05) is 11.6 Å². The molecular weight excluding hydrogens is 282 g/mol. The van der Waals surface area contributed by atoms with Gasteiger partial charge < -0.3 is 4.74 Å². The summed E-state index contributed by atoms with van der Waals surface area (Å²) in [5, 5.41) is 15.6. The highest BCUT2D eigenvalue weighted by molar-refractivity contribution is 6.30. The molecule has 1 aromatic carbocycles. The molecule has 1 heterocycles. The number of hydrogen-bond donors (Lipinski definition) is 0. The molecule has 0 saturated carbocycles. The van der Waals surface area contributed by atoms with Crippen LogP contribution in [0.5, 0.6) is 5.75 Å². The summed E-state index contributed by atoms with van der Waals surface area (Å²) in [5.74, 6) is 0.156. The highest BCUT2D eigenvalue weighted by Crippen LogP contribution is 2.30. The van der Waals surface area contributed by atoms with Gasteiger partial charge in [0.05, 0.1) is 16.3 Å². The summed E-state index contributed by atoms with van der Waals surface area (Å²) in [7, 11) is 0. The normalized spacial score (nSPS) is 10.6. The summed E-state index contributed by atoms with van der Waals surface area (Å²) in [6.07, 6.45) is 0. The lowest BCUT2D eigenvalue weighted by Crippen LogP contribution is -2.06. The van der Waals surface area contributed by atoms with E-state index in [4.69, 9.17) is 16.3 Å². The van der Waals surface area contributed by atoms with Crippen LogP contribution in [-0.2, 0) is 13.2 Å². The van der Waals surface area contributed by atoms with Crippen molar-refractivity contribution in [1.82, 2.24) is 9.78 Å². The number of hydrogen-bond acceptors (Lipinski definition) is 4. The van der Waals surface area contributed by atoms with E-state index in [-0.39, 0.29) is 18.0 Å². The Morgan fingerprint density at radius 3 is 2.85 bits per heavy atom. The SMILES string of the molecule is CCn1nc(C)cc1COc1cc(Cl)ccc1[N+](=O)[O-]. The monoisotopic (exact) mass is 295 g/mol. The number of nitro groups is 1. The zero-order valence-electron chi connectivity index (χ0n) is 11.2. The third-order valence-corrected chi connectivity index (χ3v) is 3.01. The fourth-order valence-corrected chi connectivity index (χ4v) is 2.06. The standard InChI is InChI=1S/C13H14ClN3O3/c1-3-16-11(6-9(2)15-16)8-20-13-7-10(14)4-5-12(13)17(18)19/h4-7H,3,8H2,1-2H3. The molecule has 6 nitrogen and oxygen atoms in total. The molecule has 0 spiro atoms. The predicted octanol–water partition coefficient (Wildman–Crippen LogP) is 3.35. The van der Waals surface area contributed by atoms with E-state index in [0.29, 0.717) is 11.6 Å². The molecule has 2 aromatic rings. The van der Waals surface area contributed by atoms with Gasteiger partial charge in [-0.25, -0.2) is 0 Å². The van der Waals surface area contributed by atoms with Crippen LogP contribution in [0.4, 0.5) is 5.69 Å². The van der Waals surface area contributed by atoms with E-state index in [1.54, 1.807) is 4.68 Å². The molecular formula is C13H14ClN3O3. The molecule has 1 aromatic heterocycles. The first-order valence-corrected chi connectivity index (χ1v) is 6.49. The summed E-state index contributed by atoms with van der Waals surface area (Å²) >= 11 is 5.85. The average Bonchev–Trinajstić information content (AvgIpc) is 2.76. The van der Waals surface area contributed by atoms with E-state index in [9.17, 15) is 10.1 Å². The van der Waals surface area contributed by atoms with Crippen LogP contribution < -0.4 is 4.74 Å². The number of nitrogens with zero attached hydrogens (tertiary/aromatic N) is 3. The van der Waals surface area contributed by atoms with Gasteiger partial charge in [0.15, 0.2) is 5.75 Å². The second-order valence-corrected chi connectivity index (χ2v) is 4.69.